The largest absolute Gasteiger partial charge is 0.504 e. The van der Waals surface area contributed by atoms with E-state index in [9.17, 15) is 5.11 Å². The van der Waals surface area contributed by atoms with Crippen molar-refractivity contribution in [1.82, 2.24) is 4.98 Å². The molecule has 0 atom stereocenters. The second kappa shape index (κ2) is 4.79. The van der Waals surface area contributed by atoms with Crippen molar-refractivity contribution in [3.63, 3.8) is 0 Å². The van der Waals surface area contributed by atoms with Crippen LogP contribution in [0.4, 0.5) is 0 Å². The Bertz CT molecular complexity index is 446. The Morgan fingerprint density at radius 3 is 2.33 bits per heavy atom. The van der Waals surface area contributed by atoms with Crippen molar-refractivity contribution in [2.45, 2.75) is 0 Å². The third-order valence-corrected chi connectivity index (χ3v) is 1.97. The van der Waals surface area contributed by atoms with Crippen LogP contribution in [0.2, 0.25) is 0 Å². The van der Waals surface area contributed by atoms with Gasteiger partial charge in [0.2, 0.25) is 0 Å². The van der Waals surface area contributed by atoms with Crippen molar-refractivity contribution in [3.8, 4) is 22.6 Å². The van der Waals surface area contributed by atoms with Crippen LogP contribution in [-0.2, 0) is 0 Å². The second-order valence-electron chi connectivity index (χ2n) is 2.95. The van der Waals surface area contributed by atoms with Gasteiger partial charge in [0.25, 0.3) is 0 Å². The maximum Gasteiger partial charge on any atom is 0.158 e. The van der Waals surface area contributed by atoms with Gasteiger partial charge in [0, 0.05) is 18.0 Å². The molecule has 1 heterocycles. The molecule has 0 radical (unpaired) electrons. The molecular formula is C11H10BrNO2. The summed E-state index contributed by atoms with van der Waals surface area (Å²) in [7, 11) is 0. The summed E-state index contributed by atoms with van der Waals surface area (Å²) in [6, 6.07) is 8.40. The average molecular weight is 268 g/mol. The van der Waals surface area contributed by atoms with Crippen LogP contribution in [0.5, 0.6) is 11.5 Å². The molecule has 0 aliphatic carbocycles. The van der Waals surface area contributed by atoms with E-state index >= 15 is 0 Å². The highest BCUT2D eigenvalue weighted by Gasteiger charge is 2.02. The first-order valence-corrected chi connectivity index (χ1v) is 4.20. The van der Waals surface area contributed by atoms with E-state index in [0.717, 1.165) is 11.1 Å². The molecule has 0 saturated heterocycles. The number of phenols is 2. The van der Waals surface area contributed by atoms with Gasteiger partial charge in [-0.3, -0.25) is 4.98 Å². The minimum atomic E-state index is -0.119. The number of aromatic nitrogens is 1. The van der Waals surface area contributed by atoms with E-state index in [1.807, 2.05) is 12.1 Å². The lowest BCUT2D eigenvalue weighted by molar-refractivity contribution is 0.404. The zero-order chi connectivity index (χ0) is 9.97. The number of rotatable bonds is 1. The van der Waals surface area contributed by atoms with E-state index in [0.29, 0.717) is 0 Å². The van der Waals surface area contributed by atoms with Crippen molar-refractivity contribution < 1.29 is 10.2 Å². The topological polar surface area (TPSA) is 53.4 Å². The Morgan fingerprint density at radius 2 is 1.73 bits per heavy atom. The van der Waals surface area contributed by atoms with Crippen LogP contribution < -0.4 is 0 Å². The van der Waals surface area contributed by atoms with Crippen LogP contribution in [0, 0.1) is 0 Å². The minimum absolute atomic E-state index is 0. The predicted molar refractivity (Wildman–Crippen MR) is 63.3 cm³/mol. The molecule has 3 nitrogen and oxygen atoms in total. The van der Waals surface area contributed by atoms with E-state index < -0.39 is 0 Å². The number of halogens is 1. The van der Waals surface area contributed by atoms with E-state index in [1.54, 1.807) is 18.5 Å². The third kappa shape index (κ3) is 2.47. The van der Waals surface area contributed by atoms with E-state index in [-0.39, 0.29) is 28.5 Å². The Morgan fingerprint density at radius 1 is 0.933 bits per heavy atom. The van der Waals surface area contributed by atoms with Crippen LogP contribution in [0.1, 0.15) is 0 Å². The lowest BCUT2D eigenvalue weighted by Gasteiger charge is -2.02. The molecule has 1 aromatic heterocycles. The van der Waals surface area contributed by atoms with Gasteiger partial charge in [-0.15, -0.1) is 17.0 Å². The SMILES string of the molecule is Br.Oc1ccc(-c2cccnc2)cc1O. The highest BCUT2D eigenvalue weighted by Crippen LogP contribution is 2.29. The summed E-state index contributed by atoms with van der Waals surface area (Å²) in [6.07, 6.45) is 3.38. The smallest absolute Gasteiger partial charge is 0.158 e. The summed E-state index contributed by atoms with van der Waals surface area (Å²) in [4.78, 5) is 3.97. The molecule has 0 spiro atoms. The number of hydrogen-bond acceptors (Lipinski definition) is 3. The number of pyridine rings is 1. The third-order valence-electron chi connectivity index (χ3n) is 1.97. The van der Waals surface area contributed by atoms with Crippen molar-refractivity contribution in [2.24, 2.45) is 0 Å². The molecule has 0 unspecified atom stereocenters. The number of nitrogens with zero attached hydrogens (tertiary/aromatic N) is 1. The highest BCUT2D eigenvalue weighted by molar-refractivity contribution is 8.93. The van der Waals surface area contributed by atoms with E-state index in [4.69, 9.17) is 5.11 Å². The van der Waals surface area contributed by atoms with Crippen molar-refractivity contribution in [1.29, 1.82) is 0 Å². The van der Waals surface area contributed by atoms with Gasteiger partial charge in [-0.2, -0.15) is 0 Å². The molecule has 2 rings (SSSR count). The Kier molecular flexibility index (Phi) is 3.68. The van der Waals surface area contributed by atoms with Crippen molar-refractivity contribution in [3.05, 3.63) is 42.7 Å². The molecular weight excluding hydrogens is 258 g/mol. The summed E-state index contributed by atoms with van der Waals surface area (Å²) >= 11 is 0. The van der Waals surface area contributed by atoms with Crippen LogP contribution in [-0.4, -0.2) is 15.2 Å². The van der Waals surface area contributed by atoms with Gasteiger partial charge in [-0.25, -0.2) is 0 Å². The normalized spacial score (nSPS) is 9.33. The maximum atomic E-state index is 9.29. The fraction of sp³-hybridized carbons (Fsp3) is 0. The first kappa shape index (κ1) is 11.5. The van der Waals surface area contributed by atoms with Gasteiger partial charge in [-0.05, 0) is 23.8 Å². The summed E-state index contributed by atoms with van der Waals surface area (Å²) < 4.78 is 0. The molecule has 2 N–H and O–H groups in total. The van der Waals surface area contributed by atoms with Crippen LogP contribution in [0.15, 0.2) is 42.7 Å². The first-order chi connectivity index (χ1) is 6.77. The van der Waals surface area contributed by atoms with Crippen LogP contribution in [0.25, 0.3) is 11.1 Å². The summed E-state index contributed by atoms with van der Waals surface area (Å²) in [5.74, 6) is -0.232. The van der Waals surface area contributed by atoms with E-state index in [1.165, 1.54) is 12.1 Å². The van der Waals surface area contributed by atoms with Gasteiger partial charge >= 0.3 is 0 Å². The Labute approximate surface area is 97.8 Å². The lowest BCUT2D eigenvalue weighted by atomic mass is 10.1. The summed E-state index contributed by atoms with van der Waals surface area (Å²) in [6.45, 7) is 0. The molecule has 0 saturated carbocycles. The summed E-state index contributed by atoms with van der Waals surface area (Å²) in [5, 5.41) is 18.4. The molecule has 0 amide bonds. The molecule has 15 heavy (non-hydrogen) atoms. The van der Waals surface area contributed by atoms with Gasteiger partial charge in [0.05, 0.1) is 0 Å². The fourth-order valence-electron chi connectivity index (χ4n) is 1.24. The standard InChI is InChI=1S/C11H9NO2.BrH/c13-10-4-3-8(6-11(10)14)9-2-1-5-12-7-9;/h1-7,13-14H;1H. The van der Waals surface area contributed by atoms with E-state index in [2.05, 4.69) is 4.98 Å². The molecule has 4 heteroatoms. The molecule has 1 aromatic carbocycles. The quantitative estimate of drug-likeness (QED) is 0.782. The molecule has 0 aliphatic rings. The zero-order valence-corrected chi connectivity index (χ0v) is 9.50. The molecule has 78 valence electrons. The molecule has 0 bridgehead atoms. The predicted octanol–water partition coefficient (Wildman–Crippen LogP) is 2.74. The van der Waals surface area contributed by atoms with Gasteiger partial charge in [0.1, 0.15) is 0 Å². The lowest BCUT2D eigenvalue weighted by Crippen LogP contribution is -1.78. The maximum absolute atomic E-state index is 9.29. The Balaban J connectivity index is 0.00000112. The number of hydrogen-bond donors (Lipinski definition) is 2. The highest BCUT2D eigenvalue weighted by atomic mass is 79.9. The number of phenolic OH excluding ortho intramolecular Hbond substituents is 2. The number of aromatic hydroxyl groups is 2. The van der Waals surface area contributed by atoms with Crippen LogP contribution >= 0.6 is 17.0 Å². The van der Waals surface area contributed by atoms with Crippen LogP contribution in [0.3, 0.4) is 0 Å². The average Bonchev–Trinajstić information content (AvgIpc) is 2.23. The first-order valence-electron chi connectivity index (χ1n) is 4.20. The van der Waals surface area contributed by atoms with Crippen molar-refractivity contribution >= 4 is 17.0 Å². The summed E-state index contributed by atoms with van der Waals surface area (Å²) in [5.41, 5.74) is 1.73. The minimum Gasteiger partial charge on any atom is -0.504 e. The molecule has 0 fully saturated rings. The Hall–Kier alpha value is -1.55. The second-order valence-corrected chi connectivity index (χ2v) is 2.95. The molecule has 2 aromatic rings. The molecule has 0 aliphatic heterocycles. The van der Waals surface area contributed by atoms with Crippen molar-refractivity contribution in [2.75, 3.05) is 0 Å². The van der Waals surface area contributed by atoms with Gasteiger partial charge < -0.3 is 10.2 Å². The fourth-order valence-corrected chi connectivity index (χ4v) is 1.24. The van der Waals surface area contributed by atoms with Gasteiger partial charge in [-0.1, -0.05) is 12.1 Å². The monoisotopic (exact) mass is 267 g/mol. The van der Waals surface area contributed by atoms with Gasteiger partial charge in [0.15, 0.2) is 11.5 Å². The zero-order valence-electron chi connectivity index (χ0n) is 7.79. The number of benzene rings is 1.